The lowest BCUT2D eigenvalue weighted by atomic mass is 10.1. The summed E-state index contributed by atoms with van der Waals surface area (Å²) in [4.78, 5) is 11.1. The van der Waals surface area contributed by atoms with Crippen molar-refractivity contribution < 1.29 is 14.3 Å². The number of ether oxygens (including phenoxy) is 2. The van der Waals surface area contributed by atoms with Gasteiger partial charge in [-0.3, -0.25) is 4.79 Å². The van der Waals surface area contributed by atoms with Gasteiger partial charge in [0.15, 0.2) is 6.29 Å². The number of methoxy groups -OCH3 is 1. The molecule has 2 aromatic carbocycles. The number of carbonyl (C=O) groups excluding carboxylic acids is 1. The van der Waals surface area contributed by atoms with Gasteiger partial charge in [0.2, 0.25) is 0 Å². The minimum Gasteiger partial charge on any atom is -0.497 e. The summed E-state index contributed by atoms with van der Waals surface area (Å²) >= 11 is 0. The van der Waals surface area contributed by atoms with Crippen molar-refractivity contribution >= 4 is 6.29 Å². The maximum Gasteiger partial charge on any atom is 0.154 e. The first-order chi connectivity index (χ1) is 9.24. The first-order valence-corrected chi connectivity index (χ1v) is 6.05. The van der Waals surface area contributed by atoms with Crippen LogP contribution < -0.4 is 9.47 Å². The summed E-state index contributed by atoms with van der Waals surface area (Å²) in [5.41, 5.74) is 2.47. The second-order valence-corrected chi connectivity index (χ2v) is 4.25. The third-order valence-electron chi connectivity index (χ3n) is 2.91. The van der Waals surface area contributed by atoms with E-state index >= 15 is 0 Å². The lowest BCUT2D eigenvalue weighted by Gasteiger charge is -2.12. The number of hydrogen-bond donors (Lipinski definition) is 0. The highest BCUT2D eigenvalue weighted by Gasteiger charge is 2.09. The molecule has 0 atom stereocenters. The first kappa shape index (κ1) is 13.1. The molecule has 0 saturated heterocycles. The molecule has 0 fully saturated rings. The van der Waals surface area contributed by atoms with Crippen LogP contribution in [0.25, 0.3) is 0 Å². The molecular weight excluding hydrogens is 240 g/mol. The van der Waals surface area contributed by atoms with E-state index in [4.69, 9.17) is 9.47 Å². The molecule has 0 radical (unpaired) electrons. The summed E-state index contributed by atoms with van der Waals surface area (Å²) in [5, 5.41) is 0. The molecule has 2 rings (SSSR count). The SMILES string of the molecule is COc1cc(C)c(C=O)c(OCc2ccccc2)c1. The minimum absolute atomic E-state index is 0.425. The normalized spacial score (nSPS) is 10.0. The summed E-state index contributed by atoms with van der Waals surface area (Å²) in [5.74, 6) is 1.24. The molecule has 0 aliphatic rings. The van der Waals surface area contributed by atoms with Crippen LogP contribution in [0.3, 0.4) is 0 Å². The van der Waals surface area contributed by atoms with Crippen LogP contribution in [0.1, 0.15) is 21.5 Å². The van der Waals surface area contributed by atoms with Gasteiger partial charge in [-0.25, -0.2) is 0 Å². The Kier molecular flexibility index (Phi) is 4.18. The van der Waals surface area contributed by atoms with Gasteiger partial charge >= 0.3 is 0 Å². The molecule has 0 N–H and O–H groups in total. The minimum atomic E-state index is 0.425. The Balaban J connectivity index is 2.23. The van der Waals surface area contributed by atoms with Crippen LogP contribution in [0.5, 0.6) is 11.5 Å². The zero-order valence-corrected chi connectivity index (χ0v) is 11.1. The summed E-state index contributed by atoms with van der Waals surface area (Å²) < 4.78 is 10.9. The van der Waals surface area contributed by atoms with Crippen molar-refractivity contribution in [3.8, 4) is 11.5 Å². The van der Waals surface area contributed by atoms with Gasteiger partial charge in [-0.1, -0.05) is 30.3 Å². The Morgan fingerprint density at radius 1 is 1.16 bits per heavy atom. The number of carbonyl (C=O) groups is 1. The van der Waals surface area contributed by atoms with Crippen molar-refractivity contribution in [3.63, 3.8) is 0 Å². The molecular formula is C16H16O3. The predicted octanol–water partition coefficient (Wildman–Crippen LogP) is 3.40. The number of aryl methyl sites for hydroxylation is 1. The van der Waals surface area contributed by atoms with Crippen molar-refractivity contribution in [1.29, 1.82) is 0 Å². The average Bonchev–Trinajstić information content (AvgIpc) is 2.45. The van der Waals surface area contributed by atoms with Crippen LogP contribution in [0.15, 0.2) is 42.5 Å². The second kappa shape index (κ2) is 6.05. The van der Waals surface area contributed by atoms with E-state index in [1.54, 1.807) is 13.2 Å². The van der Waals surface area contributed by atoms with Gasteiger partial charge in [0, 0.05) is 6.07 Å². The van der Waals surface area contributed by atoms with Gasteiger partial charge in [-0.05, 0) is 24.1 Å². The molecule has 0 aliphatic carbocycles. The van der Waals surface area contributed by atoms with E-state index in [1.165, 1.54) is 0 Å². The largest absolute Gasteiger partial charge is 0.497 e. The van der Waals surface area contributed by atoms with Crippen LogP contribution in [0.2, 0.25) is 0 Å². The Labute approximate surface area is 112 Å². The molecule has 0 aromatic heterocycles. The second-order valence-electron chi connectivity index (χ2n) is 4.25. The van der Waals surface area contributed by atoms with E-state index in [0.29, 0.717) is 23.7 Å². The maximum atomic E-state index is 11.1. The van der Waals surface area contributed by atoms with Crippen LogP contribution in [0, 0.1) is 6.92 Å². The summed E-state index contributed by atoms with van der Waals surface area (Å²) in [6.07, 6.45) is 0.815. The molecule has 0 heterocycles. The first-order valence-electron chi connectivity index (χ1n) is 6.05. The van der Waals surface area contributed by atoms with Crippen molar-refractivity contribution in [2.45, 2.75) is 13.5 Å². The number of rotatable bonds is 5. The molecule has 0 saturated carbocycles. The molecule has 0 bridgehead atoms. The Morgan fingerprint density at radius 3 is 2.53 bits per heavy atom. The predicted molar refractivity (Wildman–Crippen MR) is 73.9 cm³/mol. The van der Waals surface area contributed by atoms with Crippen LogP contribution in [-0.2, 0) is 6.61 Å². The van der Waals surface area contributed by atoms with E-state index in [0.717, 1.165) is 17.4 Å². The highest BCUT2D eigenvalue weighted by Crippen LogP contribution is 2.27. The highest BCUT2D eigenvalue weighted by atomic mass is 16.5. The molecule has 0 amide bonds. The molecule has 3 heteroatoms. The lowest BCUT2D eigenvalue weighted by Crippen LogP contribution is -2.00. The van der Waals surface area contributed by atoms with Crippen molar-refractivity contribution in [2.75, 3.05) is 7.11 Å². The Morgan fingerprint density at radius 2 is 1.89 bits per heavy atom. The molecule has 0 spiro atoms. The molecule has 2 aromatic rings. The van der Waals surface area contributed by atoms with E-state index in [-0.39, 0.29) is 0 Å². The van der Waals surface area contributed by atoms with Gasteiger partial charge in [0.05, 0.1) is 12.7 Å². The highest BCUT2D eigenvalue weighted by molar-refractivity contribution is 5.82. The fourth-order valence-corrected chi connectivity index (χ4v) is 1.86. The third kappa shape index (κ3) is 3.13. The molecule has 0 unspecified atom stereocenters. The van der Waals surface area contributed by atoms with E-state index in [1.807, 2.05) is 43.3 Å². The Hall–Kier alpha value is -2.29. The molecule has 0 aliphatic heterocycles. The van der Waals surface area contributed by atoms with E-state index < -0.39 is 0 Å². The zero-order chi connectivity index (χ0) is 13.7. The Bertz CT molecular complexity index is 562. The van der Waals surface area contributed by atoms with Gasteiger partial charge in [-0.2, -0.15) is 0 Å². The molecule has 98 valence electrons. The average molecular weight is 256 g/mol. The van der Waals surface area contributed by atoms with Crippen LogP contribution >= 0.6 is 0 Å². The quantitative estimate of drug-likeness (QED) is 0.769. The van der Waals surface area contributed by atoms with Gasteiger partial charge in [0.25, 0.3) is 0 Å². The summed E-state index contributed by atoms with van der Waals surface area (Å²) in [6, 6.07) is 13.4. The van der Waals surface area contributed by atoms with Gasteiger partial charge in [0.1, 0.15) is 18.1 Å². The lowest BCUT2D eigenvalue weighted by molar-refractivity contribution is 0.111. The third-order valence-corrected chi connectivity index (χ3v) is 2.91. The van der Waals surface area contributed by atoms with Crippen LogP contribution in [0.4, 0.5) is 0 Å². The van der Waals surface area contributed by atoms with Gasteiger partial charge < -0.3 is 9.47 Å². The maximum absolute atomic E-state index is 11.1. The van der Waals surface area contributed by atoms with Crippen molar-refractivity contribution in [2.24, 2.45) is 0 Å². The van der Waals surface area contributed by atoms with Crippen molar-refractivity contribution in [1.82, 2.24) is 0 Å². The fourth-order valence-electron chi connectivity index (χ4n) is 1.86. The van der Waals surface area contributed by atoms with Crippen LogP contribution in [-0.4, -0.2) is 13.4 Å². The zero-order valence-electron chi connectivity index (χ0n) is 11.1. The molecule has 3 nitrogen and oxygen atoms in total. The smallest absolute Gasteiger partial charge is 0.154 e. The van der Waals surface area contributed by atoms with Gasteiger partial charge in [-0.15, -0.1) is 0 Å². The van der Waals surface area contributed by atoms with E-state index in [2.05, 4.69) is 0 Å². The van der Waals surface area contributed by atoms with E-state index in [9.17, 15) is 4.79 Å². The summed E-state index contributed by atoms with van der Waals surface area (Å²) in [6.45, 7) is 2.29. The molecule has 19 heavy (non-hydrogen) atoms. The standard InChI is InChI=1S/C16H16O3/c1-12-8-14(18-2)9-16(15(12)10-17)19-11-13-6-4-3-5-7-13/h3-10H,11H2,1-2H3. The number of benzene rings is 2. The topological polar surface area (TPSA) is 35.5 Å². The summed E-state index contributed by atoms with van der Waals surface area (Å²) in [7, 11) is 1.59. The fraction of sp³-hybridized carbons (Fsp3) is 0.188. The number of aldehydes is 1. The van der Waals surface area contributed by atoms with Crippen molar-refractivity contribution in [3.05, 3.63) is 59.2 Å². The monoisotopic (exact) mass is 256 g/mol. The number of hydrogen-bond acceptors (Lipinski definition) is 3.